The molecule has 0 unspecified atom stereocenters. The lowest BCUT2D eigenvalue weighted by atomic mass is 10.1. The fraction of sp³-hybridized carbons (Fsp3) is 1.00. The number of hydrogen-bond donors (Lipinski definition) is 2. The minimum absolute atomic E-state index is 0.152. The van der Waals surface area contributed by atoms with E-state index in [0.717, 1.165) is 19.3 Å². The molecule has 0 aliphatic rings. The quantitative estimate of drug-likeness (QED) is 0.637. The molecule has 0 bridgehead atoms. The molecular weight excluding hydrogens is 256 g/mol. The Hall–Kier alpha value is 0.0969. The van der Waals surface area contributed by atoms with Gasteiger partial charge in [-0.05, 0) is 37.4 Å². The van der Waals surface area contributed by atoms with Crippen LogP contribution >= 0.6 is 0 Å². The van der Waals surface area contributed by atoms with E-state index >= 15 is 0 Å². The fourth-order valence-electron chi connectivity index (χ4n) is 1.76. The van der Waals surface area contributed by atoms with Crippen LogP contribution in [0, 0.1) is 0 Å². The molecule has 0 aliphatic heterocycles. The van der Waals surface area contributed by atoms with Crippen LogP contribution in [0.2, 0.25) is 18.1 Å². The van der Waals surface area contributed by atoms with Gasteiger partial charge in [-0.25, -0.2) is 0 Å². The second-order valence-electron chi connectivity index (χ2n) is 7.06. The molecule has 116 valence electrons. The van der Waals surface area contributed by atoms with E-state index in [0.29, 0.717) is 6.42 Å². The van der Waals surface area contributed by atoms with Crippen molar-refractivity contribution in [1.29, 1.82) is 0 Å². The van der Waals surface area contributed by atoms with E-state index in [4.69, 9.17) is 9.53 Å². The fourth-order valence-corrected chi connectivity index (χ4v) is 3.18. The summed E-state index contributed by atoms with van der Waals surface area (Å²) in [7, 11) is -1.74. The molecule has 0 aliphatic carbocycles. The number of aliphatic hydroxyl groups excluding tert-OH is 2. The highest BCUT2D eigenvalue weighted by atomic mass is 28.4. The van der Waals surface area contributed by atoms with Crippen LogP contribution in [0.1, 0.15) is 59.8 Å². The smallest absolute Gasteiger partial charge is 0.192 e. The van der Waals surface area contributed by atoms with E-state index in [9.17, 15) is 5.11 Å². The van der Waals surface area contributed by atoms with Crippen molar-refractivity contribution in [3.05, 3.63) is 0 Å². The van der Waals surface area contributed by atoms with Gasteiger partial charge < -0.3 is 14.6 Å². The Labute approximate surface area is 120 Å². The molecule has 0 saturated heterocycles. The van der Waals surface area contributed by atoms with Crippen LogP contribution in [0.5, 0.6) is 0 Å². The summed E-state index contributed by atoms with van der Waals surface area (Å²) in [5, 5.41) is 18.6. The monoisotopic (exact) mass is 290 g/mol. The molecule has 0 rings (SSSR count). The summed E-state index contributed by atoms with van der Waals surface area (Å²) in [5.74, 6) is 0. The van der Waals surface area contributed by atoms with Crippen molar-refractivity contribution in [2.24, 2.45) is 0 Å². The Balaban J connectivity index is 4.49. The Morgan fingerprint density at radius 1 is 1.11 bits per heavy atom. The number of hydrogen-bond acceptors (Lipinski definition) is 3. The molecule has 19 heavy (non-hydrogen) atoms. The Morgan fingerprint density at radius 3 is 2.11 bits per heavy atom. The van der Waals surface area contributed by atoms with E-state index in [1.807, 2.05) is 0 Å². The molecule has 0 saturated carbocycles. The van der Waals surface area contributed by atoms with Gasteiger partial charge in [-0.15, -0.1) is 0 Å². The van der Waals surface area contributed by atoms with E-state index in [2.05, 4.69) is 40.8 Å². The van der Waals surface area contributed by atoms with Crippen LogP contribution in [0.25, 0.3) is 0 Å². The van der Waals surface area contributed by atoms with Gasteiger partial charge in [0.1, 0.15) is 0 Å². The highest BCUT2D eigenvalue weighted by Crippen LogP contribution is 2.38. The molecule has 0 fully saturated rings. The number of unbranched alkanes of at least 4 members (excludes halogenated alkanes) is 1. The number of aliphatic hydroxyl groups is 2. The van der Waals surface area contributed by atoms with Crippen LogP contribution in [0.15, 0.2) is 0 Å². The Kier molecular flexibility index (Phi) is 8.44. The average molecular weight is 291 g/mol. The molecule has 0 spiro atoms. The zero-order valence-corrected chi connectivity index (χ0v) is 14.7. The first-order chi connectivity index (χ1) is 8.64. The summed E-state index contributed by atoms with van der Waals surface area (Å²) < 4.78 is 6.45. The third kappa shape index (κ3) is 7.44. The van der Waals surface area contributed by atoms with Gasteiger partial charge in [-0.2, -0.15) is 0 Å². The van der Waals surface area contributed by atoms with Crippen molar-refractivity contribution in [3.63, 3.8) is 0 Å². The molecule has 0 aromatic carbocycles. The van der Waals surface area contributed by atoms with E-state index < -0.39 is 14.4 Å². The highest BCUT2D eigenvalue weighted by Gasteiger charge is 2.38. The molecule has 0 amide bonds. The summed E-state index contributed by atoms with van der Waals surface area (Å²) in [6.45, 7) is 13.3. The molecule has 4 heteroatoms. The van der Waals surface area contributed by atoms with Crippen molar-refractivity contribution >= 4 is 8.32 Å². The zero-order valence-electron chi connectivity index (χ0n) is 13.7. The van der Waals surface area contributed by atoms with Gasteiger partial charge in [0, 0.05) is 6.10 Å². The van der Waals surface area contributed by atoms with Crippen LogP contribution in [0.3, 0.4) is 0 Å². The third-order valence-corrected chi connectivity index (χ3v) is 8.71. The molecule has 3 nitrogen and oxygen atoms in total. The first kappa shape index (κ1) is 19.1. The van der Waals surface area contributed by atoms with Gasteiger partial charge in [0.25, 0.3) is 0 Å². The minimum Gasteiger partial charge on any atom is -0.414 e. The standard InChI is InChI=1S/C15H34O3Si/c1-7-8-9-14(11-10-13(17)12-16)18-19(5,6)15(2,3)4/h13-14,16-17H,7-12H2,1-6H3/t13-,14-/m0/s1. The maximum Gasteiger partial charge on any atom is 0.192 e. The van der Waals surface area contributed by atoms with Crippen molar-refractivity contribution in [2.45, 2.75) is 90.1 Å². The highest BCUT2D eigenvalue weighted by molar-refractivity contribution is 6.74. The van der Waals surface area contributed by atoms with E-state index in [1.165, 1.54) is 6.42 Å². The SMILES string of the molecule is CCCC[C@@H](CC[C@H](O)CO)O[Si](C)(C)C(C)(C)C. The maximum atomic E-state index is 9.50. The second kappa shape index (κ2) is 8.40. The Morgan fingerprint density at radius 2 is 1.68 bits per heavy atom. The summed E-state index contributed by atoms with van der Waals surface area (Å²) >= 11 is 0. The largest absolute Gasteiger partial charge is 0.414 e. The molecule has 0 heterocycles. The predicted molar refractivity (Wildman–Crippen MR) is 83.9 cm³/mol. The number of rotatable bonds is 9. The third-order valence-electron chi connectivity index (χ3n) is 4.18. The molecule has 0 aromatic heterocycles. The Bertz CT molecular complexity index is 236. The molecule has 2 N–H and O–H groups in total. The van der Waals surface area contributed by atoms with Crippen LogP contribution in [0.4, 0.5) is 0 Å². The van der Waals surface area contributed by atoms with Gasteiger partial charge >= 0.3 is 0 Å². The van der Waals surface area contributed by atoms with Gasteiger partial charge in [-0.1, -0.05) is 40.5 Å². The zero-order chi connectivity index (χ0) is 15.1. The van der Waals surface area contributed by atoms with Crippen molar-refractivity contribution in [1.82, 2.24) is 0 Å². The van der Waals surface area contributed by atoms with Crippen molar-refractivity contribution < 1.29 is 14.6 Å². The summed E-state index contributed by atoms with van der Waals surface area (Å²) in [6, 6.07) is 0. The summed E-state index contributed by atoms with van der Waals surface area (Å²) in [5.41, 5.74) is 0. The van der Waals surface area contributed by atoms with Gasteiger partial charge in [0.15, 0.2) is 8.32 Å². The topological polar surface area (TPSA) is 49.7 Å². The maximum absolute atomic E-state index is 9.50. The van der Waals surface area contributed by atoms with E-state index in [1.54, 1.807) is 0 Å². The molecule has 0 radical (unpaired) electrons. The van der Waals surface area contributed by atoms with Gasteiger partial charge in [0.2, 0.25) is 0 Å². The first-order valence-corrected chi connectivity index (χ1v) is 10.5. The second-order valence-corrected chi connectivity index (χ2v) is 11.8. The van der Waals surface area contributed by atoms with Crippen LogP contribution in [-0.4, -0.2) is 37.3 Å². The minimum atomic E-state index is -1.74. The van der Waals surface area contributed by atoms with E-state index in [-0.39, 0.29) is 17.7 Å². The van der Waals surface area contributed by atoms with Crippen molar-refractivity contribution in [2.75, 3.05) is 6.61 Å². The lowest BCUT2D eigenvalue weighted by Crippen LogP contribution is -2.44. The molecular formula is C15H34O3Si. The van der Waals surface area contributed by atoms with Crippen LogP contribution < -0.4 is 0 Å². The lowest BCUT2D eigenvalue weighted by Gasteiger charge is -2.39. The predicted octanol–water partition coefficient (Wildman–Crippen LogP) is 3.70. The molecule has 0 aromatic rings. The lowest BCUT2D eigenvalue weighted by molar-refractivity contribution is 0.0684. The normalized spacial score (nSPS) is 16.4. The summed E-state index contributed by atoms with van der Waals surface area (Å²) in [6.07, 6.45) is 4.47. The average Bonchev–Trinajstić information content (AvgIpc) is 2.30. The van der Waals surface area contributed by atoms with Gasteiger partial charge in [-0.3, -0.25) is 0 Å². The first-order valence-electron chi connectivity index (χ1n) is 7.60. The van der Waals surface area contributed by atoms with Gasteiger partial charge in [0.05, 0.1) is 12.7 Å². The summed E-state index contributed by atoms with van der Waals surface area (Å²) in [4.78, 5) is 0. The molecule has 2 atom stereocenters. The van der Waals surface area contributed by atoms with Crippen LogP contribution in [-0.2, 0) is 4.43 Å². The van der Waals surface area contributed by atoms with Crippen molar-refractivity contribution in [3.8, 4) is 0 Å².